The predicted octanol–water partition coefficient (Wildman–Crippen LogP) is 3.21. The Hall–Kier alpha value is -0.620. The van der Waals surface area contributed by atoms with Crippen molar-refractivity contribution in [2.45, 2.75) is 24.8 Å². The normalized spacial score (nSPS) is 17.3. The molecular weight excluding hydrogens is 281 g/mol. The third-order valence-corrected chi connectivity index (χ3v) is 4.12. The zero-order chi connectivity index (χ0) is 11.2. The van der Waals surface area contributed by atoms with Crippen molar-refractivity contribution in [3.8, 4) is 10.8 Å². The molecule has 0 radical (unpaired) electrons. The summed E-state index contributed by atoms with van der Waals surface area (Å²) >= 11 is 7.27. The molecule has 0 atom stereocenters. The number of aromatic nitrogens is 2. The van der Waals surface area contributed by atoms with Gasteiger partial charge in [0, 0.05) is 0 Å². The van der Waals surface area contributed by atoms with Crippen molar-refractivity contribution < 1.29 is 4.52 Å². The van der Waals surface area contributed by atoms with Crippen molar-refractivity contribution in [1.29, 1.82) is 0 Å². The minimum Gasteiger partial charge on any atom is -0.333 e. The molecule has 1 aliphatic carbocycles. The molecule has 0 amide bonds. The second kappa shape index (κ2) is 4.57. The highest BCUT2D eigenvalue weighted by Gasteiger charge is 2.39. The Kier molecular flexibility index (Phi) is 3.45. The van der Waals surface area contributed by atoms with Crippen LogP contribution in [0.2, 0.25) is 4.34 Å². The second-order valence-corrected chi connectivity index (χ2v) is 5.75. The molecule has 7 heteroatoms. The summed E-state index contributed by atoms with van der Waals surface area (Å²) in [6, 6.07) is 3.68. The molecule has 0 aliphatic heterocycles. The summed E-state index contributed by atoms with van der Waals surface area (Å²) in [4.78, 5) is 5.22. The van der Waals surface area contributed by atoms with E-state index in [1.165, 1.54) is 11.3 Å². The van der Waals surface area contributed by atoms with Crippen molar-refractivity contribution in [2.75, 3.05) is 0 Å². The highest BCUT2D eigenvalue weighted by Crippen LogP contribution is 2.38. The number of nitrogens with two attached hydrogens (primary N) is 1. The third-order valence-electron chi connectivity index (χ3n) is 2.90. The van der Waals surface area contributed by atoms with Crippen LogP contribution in [-0.4, -0.2) is 10.1 Å². The first kappa shape index (κ1) is 12.8. The van der Waals surface area contributed by atoms with Crippen molar-refractivity contribution in [2.24, 2.45) is 5.73 Å². The van der Waals surface area contributed by atoms with E-state index in [2.05, 4.69) is 10.1 Å². The van der Waals surface area contributed by atoms with Crippen LogP contribution in [0.15, 0.2) is 16.7 Å². The largest absolute Gasteiger partial charge is 0.333 e. The van der Waals surface area contributed by atoms with Crippen LogP contribution in [0.1, 0.15) is 25.1 Å². The fourth-order valence-electron chi connectivity index (χ4n) is 1.74. The van der Waals surface area contributed by atoms with E-state index in [-0.39, 0.29) is 17.9 Å². The Morgan fingerprint density at radius 2 is 2.18 bits per heavy atom. The molecule has 0 unspecified atom stereocenters. The standard InChI is InChI=1S/C10H10ClN3OS.ClH/c11-7-3-2-6(16-7)8-13-9(14-15-8)10(12)4-1-5-10;/h2-3H,1,4-5,12H2;1H. The molecule has 17 heavy (non-hydrogen) atoms. The van der Waals surface area contributed by atoms with Crippen LogP contribution in [0.4, 0.5) is 0 Å². The van der Waals surface area contributed by atoms with Crippen molar-refractivity contribution in [3.05, 3.63) is 22.3 Å². The van der Waals surface area contributed by atoms with Gasteiger partial charge in [0.05, 0.1) is 14.8 Å². The van der Waals surface area contributed by atoms with Crippen LogP contribution in [-0.2, 0) is 5.54 Å². The molecule has 1 aliphatic rings. The SMILES string of the molecule is Cl.NC1(c2noc(-c3ccc(Cl)s3)n2)CCC1. The summed E-state index contributed by atoms with van der Waals surface area (Å²) < 4.78 is 5.91. The van der Waals surface area contributed by atoms with Gasteiger partial charge in [0.1, 0.15) is 0 Å². The monoisotopic (exact) mass is 291 g/mol. The van der Waals surface area contributed by atoms with E-state index in [0.717, 1.165) is 24.1 Å². The summed E-state index contributed by atoms with van der Waals surface area (Å²) in [5.74, 6) is 1.11. The van der Waals surface area contributed by atoms with Crippen LogP contribution in [0.25, 0.3) is 10.8 Å². The lowest BCUT2D eigenvalue weighted by atomic mass is 9.77. The summed E-state index contributed by atoms with van der Waals surface area (Å²) in [5.41, 5.74) is 5.74. The van der Waals surface area contributed by atoms with Crippen LogP contribution in [0, 0.1) is 0 Å². The van der Waals surface area contributed by atoms with E-state index in [0.29, 0.717) is 16.1 Å². The van der Waals surface area contributed by atoms with Crippen LogP contribution in [0.3, 0.4) is 0 Å². The van der Waals surface area contributed by atoms with Gasteiger partial charge in [0.15, 0.2) is 5.82 Å². The Bertz CT molecular complexity index is 521. The molecule has 0 spiro atoms. The molecule has 1 fully saturated rings. The number of halogens is 2. The van der Waals surface area contributed by atoms with Crippen molar-refractivity contribution >= 4 is 35.3 Å². The van der Waals surface area contributed by atoms with Gasteiger partial charge in [-0.15, -0.1) is 23.7 Å². The zero-order valence-electron chi connectivity index (χ0n) is 8.85. The first-order valence-corrected chi connectivity index (χ1v) is 6.26. The first-order chi connectivity index (χ1) is 7.67. The van der Waals surface area contributed by atoms with E-state index < -0.39 is 0 Å². The molecule has 2 aromatic rings. The lowest BCUT2D eigenvalue weighted by Gasteiger charge is -2.34. The summed E-state index contributed by atoms with van der Waals surface area (Å²) in [5, 5.41) is 3.95. The molecule has 1 saturated carbocycles. The van der Waals surface area contributed by atoms with Gasteiger partial charge in [-0.05, 0) is 31.4 Å². The van der Waals surface area contributed by atoms with Gasteiger partial charge in [0.25, 0.3) is 5.89 Å². The minimum absolute atomic E-state index is 0. The average molecular weight is 292 g/mol. The van der Waals surface area contributed by atoms with Gasteiger partial charge in [0.2, 0.25) is 0 Å². The molecule has 2 aromatic heterocycles. The van der Waals surface area contributed by atoms with Gasteiger partial charge in [-0.1, -0.05) is 16.8 Å². The molecule has 0 bridgehead atoms. The maximum Gasteiger partial charge on any atom is 0.268 e. The Labute approximate surface area is 114 Å². The Balaban J connectivity index is 0.00000108. The smallest absolute Gasteiger partial charge is 0.268 e. The Morgan fingerprint density at radius 1 is 1.41 bits per heavy atom. The summed E-state index contributed by atoms with van der Waals surface area (Å²) in [6.07, 6.45) is 2.99. The fraction of sp³-hybridized carbons (Fsp3) is 0.400. The molecule has 92 valence electrons. The highest BCUT2D eigenvalue weighted by molar-refractivity contribution is 7.19. The third kappa shape index (κ3) is 2.20. The first-order valence-electron chi connectivity index (χ1n) is 5.06. The maximum absolute atomic E-state index is 6.11. The average Bonchev–Trinajstić information content (AvgIpc) is 2.82. The molecule has 2 N–H and O–H groups in total. The lowest BCUT2D eigenvalue weighted by molar-refractivity contribution is 0.229. The van der Waals surface area contributed by atoms with E-state index >= 15 is 0 Å². The van der Waals surface area contributed by atoms with Crippen LogP contribution in [0.5, 0.6) is 0 Å². The molecule has 0 aromatic carbocycles. The van der Waals surface area contributed by atoms with Crippen LogP contribution < -0.4 is 5.73 Å². The van der Waals surface area contributed by atoms with E-state index in [1.54, 1.807) is 0 Å². The lowest BCUT2D eigenvalue weighted by Crippen LogP contribution is -2.44. The Morgan fingerprint density at radius 3 is 2.71 bits per heavy atom. The molecule has 0 saturated heterocycles. The molecule has 3 rings (SSSR count). The van der Waals surface area contributed by atoms with Gasteiger partial charge in [-0.2, -0.15) is 4.98 Å². The van der Waals surface area contributed by atoms with E-state index in [4.69, 9.17) is 21.9 Å². The summed E-state index contributed by atoms with van der Waals surface area (Å²) in [6.45, 7) is 0. The van der Waals surface area contributed by atoms with Gasteiger partial charge in [-0.25, -0.2) is 0 Å². The topological polar surface area (TPSA) is 64.9 Å². The zero-order valence-corrected chi connectivity index (χ0v) is 11.2. The van der Waals surface area contributed by atoms with E-state index in [1.807, 2.05) is 12.1 Å². The number of nitrogens with zero attached hydrogens (tertiary/aromatic N) is 2. The van der Waals surface area contributed by atoms with Crippen molar-refractivity contribution in [3.63, 3.8) is 0 Å². The van der Waals surface area contributed by atoms with Crippen LogP contribution >= 0.6 is 35.3 Å². The molecule has 4 nitrogen and oxygen atoms in total. The second-order valence-electron chi connectivity index (χ2n) is 4.04. The van der Waals surface area contributed by atoms with Gasteiger partial charge >= 0.3 is 0 Å². The molecule has 2 heterocycles. The minimum atomic E-state index is -0.372. The number of hydrogen-bond donors (Lipinski definition) is 1. The number of hydrogen-bond acceptors (Lipinski definition) is 5. The fourth-order valence-corrected chi connectivity index (χ4v) is 2.70. The highest BCUT2D eigenvalue weighted by atomic mass is 35.5. The quantitative estimate of drug-likeness (QED) is 0.923. The predicted molar refractivity (Wildman–Crippen MR) is 69.6 cm³/mol. The van der Waals surface area contributed by atoms with Gasteiger partial charge in [-0.3, -0.25) is 0 Å². The van der Waals surface area contributed by atoms with Crippen molar-refractivity contribution in [1.82, 2.24) is 10.1 Å². The number of thiophene rings is 1. The van der Waals surface area contributed by atoms with Gasteiger partial charge < -0.3 is 10.3 Å². The maximum atomic E-state index is 6.11. The molecular formula is C10H11Cl2N3OS. The van der Waals surface area contributed by atoms with E-state index in [9.17, 15) is 0 Å². The number of rotatable bonds is 2. The summed E-state index contributed by atoms with van der Waals surface area (Å²) in [7, 11) is 0.